The summed E-state index contributed by atoms with van der Waals surface area (Å²) in [6.07, 6.45) is 5.64. The van der Waals surface area contributed by atoms with Crippen LogP contribution in [0.5, 0.6) is 0 Å². The molecule has 1 heterocycles. The molecule has 0 spiro atoms. The van der Waals surface area contributed by atoms with Gasteiger partial charge in [0.2, 0.25) is 0 Å². The van der Waals surface area contributed by atoms with Crippen molar-refractivity contribution in [3.05, 3.63) is 24.2 Å². The van der Waals surface area contributed by atoms with Gasteiger partial charge in [0.05, 0.1) is 12.8 Å². The topological polar surface area (TPSA) is 25.2 Å². The monoisotopic (exact) mass is 195 g/mol. The predicted molar refractivity (Wildman–Crippen MR) is 59.1 cm³/mol. The molecule has 1 rings (SSSR count). The van der Waals surface area contributed by atoms with Gasteiger partial charge in [-0.2, -0.15) is 0 Å². The third-order valence-electron chi connectivity index (χ3n) is 2.26. The van der Waals surface area contributed by atoms with Crippen LogP contribution in [0.2, 0.25) is 0 Å². The van der Waals surface area contributed by atoms with Gasteiger partial charge in [0.1, 0.15) is 5.76 Å². The van der Waals surface area contributed by atoms with Crippen LogP contribution in [0.1, 0.15) is 38.9 Å². The zero-order chi connectivity index (χ0) is 10.2. The summed E-state index contributed by atoms with van der Waals surface area (Å²) in [5.41, 5.74) is 0. The number of unbranched alkanes of at least 4 members (excludes halogenated alkanes) is 1. The van der Waals surface area contributed by atoms with Gasteiger partial charge in [0.15, 0.2) is 0 Å². The van der Waals surface area contributed by atoms with Crippen molar-refractivity contribution in [1.82, 2.24) is 5.32 Å². The Morgan fingerprint density at radius 3 is 2.86 bits per heavy atom. The first-order valence-corrected chi connectivity index (χ1v) is 5.52. The van der Waals surface area contributed by atoms with Crippen molar-refractivity contribution in [2.45, 2.75) is 39.7 Å². The molecular weight excluding hydrogens is 174 g/mol. The third kappa shape index (κ3) is 5.07. The molecule has 0 bridgehead atoms. The number of furan rings is 1. The fraction of sp³-hybridized carbons (Fsp3) is 0.667. The summed E-state index contributed by atoms with van der Waals surface area (Å²) in [5.74, 6) is 1.86. The predicted octanol–water partition coefficient (Wildman–Crippen LogP) is 3.20. The van der Waals surface area contributed by atoms with Crippen LogP contribution in [0.4, 0.5) is 0 Å². The van der Waals surface area contributed by atoms with Gasteiger partial charge in [0.25, 0.3) is 0 Å². The van der Waals surface area contributed by atoms with Crippen molar-refractivity contribution >= 4 is 0 Å². The maximum Gasteiger partial charge on any atom is 0.117 e. The smallest absolute Gasteiger partial charge is 0.117 e. The number of nitrogens with one attached hydrogen (secondary N) is 1. The molecule has 0 aliphatic carbocycles. The highest BCUT2D eigenvalue weighted by molar-refractivity contribution is 4.97. The Morgan fingerprint density at radius 2 is 2.21 bits per heavy atom. The molecule has 2 nitrogen and oxygen atoms in total. The van der Waals surface area contributed by atoms with Crippen LogP contribution in [0.25, 0.3) is 0 Å². The highest BCUT2D eigenvalue weighted by Gasteiger charge is 1.95. The van der Waals surface area contributed by atoms with Crippen molar-refractivity contribution in [3.63, 3.8) is 0 Å². The van der Waals surface area contributed by atoms with E-state index in [4.69, 9.17) is 4.42 Å². The number of rotatable bonds is 7. The molecule has 80 valence electrons. The maximum absolute atomic E-state index is 5.22. The largest absolute Gasteiger partial charge is 0.468 e. The van der Waals surface area contributed by atoms with Crippen molar-refractivity contribution in [2.24, 2.45) is 5.92 Å². The van der Waals surface area contributed by atoms with Crippen LogP contribution in [0.15, 0.2) is 22.8 Å². The Hall–Kier alpha value is -0.760. The summed E-state index contributed by atoms with van der Waals surface area (Å²) in [4.78, 5) is 0. The lowest BCUT2D eigenvalue weighted by atomic mass is 10.1. The summed E-state index contributed by atoms with van der Waals surface area (Å²) in [7, 11) is 0. The Labute approximate surface area is 86.7 Å². The maximum atomic E-state index is 5.22. The third-order valence-corrected chi connectivity index (χ3v) is 2.26. The van der Waals surface area contributed by atoms with E-state index in [1.165, 1.54) is 19.3 Å². The van der Waals surface area contributed by atoms with Gasteiger partial charge >= 0.3 is 0 Å². The molecule has 14 heavy (non-hydrogen) atoms. The van der Waals surface area contributed by atoms with Gasteiger partial charge in [-0.05, 0) is 31.0 Å². The first-order chi connectivity index (χ1) is 6.79. The lowest BCUT2D eigenvalue weighted by Gasteiger charge is -2.04. The summed E-state index contributed by atoms with van der Waals surface area (Å²) < 4.78 is 5.22. The van der Waals surface area contributed by atoms with E-state index in [0.717, 1.165) is 24.8 Å². The average molecular weight is 195 g/mol. The van der Waals surface area contributed by atoms with Crippen molar-refractivity contribution in [1.29, 1.82) is 0 Å². The molecule has 0 aliphatic rings. The standard InChI is InChI=1S/C12H21NO/c1-11(2)6-3-4-8-13-10-12-7-5-9-14-12/h5,7,9,11,13H,3-4,6,8,10H2,1-2H3. The van der Waals surface area contributed by atoms with Crippen LogP contribution in [0.3, 0.4) is 0 Å². The normalized spacial score (nSPS) is 11.1. The summed E-state index contributed by atoms with van der Waals surface area (Å²) in [5, 5.41) is 3.37. The van der Waals surface area contributed by atoms with Crippen LogP contribution >= 0.6 is 0 Å². The van der Waals surface area contributed by atoms with Crippen LogP contribution in [-0.4, -0.2) is 6.54 Å². The zero-order valence-electron chi connectivity index (χ0n) is 9.25. The van der Waals surface area contributed by atoms with E-state index in [1.54, 1.807) is 6.26 Å². The van der Waals surface area contributed by atoms with E-state index in [1.807, 2.05) is 12.1 Å². The fourth-order valence-electron chi connectivity index (χ4n) is 1.43. The lowest BCUT2D eigenvalue weighted by molar-refractivity contribution is 0.470. The van der Waals surface area contributed by atoms with Gasteiger partial charge in [-0.15, -0.1) is 0 Å². The molecule has 0 aliphatic heterocycles. The van der Waals surface area contributed by atoms with Gasteiger partial charge in [0, 0.05) is 0 Å². The summed E-state index contributed by atoms with van der Waals surface area (Å²) in [6, 6.07) is 3.93. The Balaban J connectivity index is 1.90. The minimum absolute atomic E-state index is 0.833. The molecule has 1 aromatic heterocycles. The van der Waals surface area contributed by atoms with Crippen molar-refractivity contribution in [2.75, 3.05) is 6.54 Å². The number of hydrogen-bond acceptors (Lipinski definition) is 2. The molecule has 1 aromatic rings. The quantitative estimate of drug-likeness (QED) is 0.676. The SMILES string of the molecule is CC(C)CCCCNCc1ccco1. The summed E-state index contributed by atoms with van der Waals surface area (Å²) >= 11 is 0. The molecule has 1 N–H and O–H groups in total. The fourth-order valence-corrected chi connectivity index (χ4v) is 1.43. The van der Waals surface area contributed by atoms with Crippen molar-refractivity contribution in [3.8, 4) is 0 Å². The second-order valence-electron chi connectivity index (χ2n) is 4.15. The van der Waals surface area contributed by atoms with Crippen LogP contribution in [0, 0.1) is 5.92 Å². The summed E-state index contributed by atoms with van der Waals surface area (Å²) in [6.45, 7) is 6.49. The first kappa shape index (κ1) is 11.3. The van der Waals surface area contributed by atoms with Gasteiger partial charge in [-0.3, -0.25) is 0 Å². The molecular formula is C12H21NO. The molecule has 2 heteroatoms. The first-order valence-electron chi connectivity index (χ1n) is 5.52. The van der Waals surface area contributed by atoms with E-state index in [-0.39, 0.29) is 0 Å². The Morgan fingerprint density at radius 1 is 1.36 bits per heavy atom. The lowest BCUT2D eigenvalue weighted by Crippen LogP contribution is -2.14. The Kier molecular flexibility index (Phi) is 5.38. The highest BCUT2D eigenvalue weighted by atomic mass is 16.3. The molecule has 0 saturated carbocycles. The van der Waals surface area contributed by atoms with Crippen molar-refractivity contribution < 1.29 is 4.42 Å². The highest BCUT2D eigenvalue weighted by Crippen LogP contribution is 2.05. The minimum atomic E-state index is 0.833. The van der Waals surface area contributed by atoms with Crippen LogP contribution in [-0.2, 0) is 6.54 Å². The van der Waals surface area contributed by atoms with E-state index in [9.17, 15) is 0 Å². The molecule has 0 fully saturated rings. The zero-order valence-corrected chi connectivity index (χ0v) is 9.25. The molecule has 0 aromatic carbocycles. The molecule has 0 unspecified atom stereocenters. The second kappa shape index (κ2) is 6.66. The van der Waals surface area contributed by atoms with E-state index >= 15 is 0 Å². The Bertz CT molecular complexity index is 216. The van der Waals surface area contributed by atoms with Gasteiger partial charge < -0.3 is 9.73 Å². The minimum Gasteiger partial charge on any atom is -0.468 e. The second-order valence-corrected chi connectivity index (χ2v) is 4.15. The van der Waals surface area contributed by atoms with E-state index in [2.05, 4.69) is 19.2 Å². The van der Waals surface area contributed by atoms with Gasteiger partial charge in [-0.1, -0.05) is 26.7 Å². The molecule has 0 radical (unpaired) electrons. The molecule has 0 amide bonds. The van der Waals surface area contributed by atoms with E-state index < -0.39 is 0 Å². The average Bonchev–Trinajstić information content (AvgIpc) is 2.63. The number of hydrogen-bond donors (Lipinski definition) is 1. The van der Waals surface area contributed by atoms with E-state index in [0.29, 0.717) is 0 Å². The molecule has 0 atom stereocenters. The van der Waals surface area contributed by atoms with Crippen LogP contribution < -0.4 is 5.32 Å². The molecule has 0 saturated heterocycles. The van der Waals surface area contributed by atoms with Gasteiger partial charge in [-0.25, -0.2) is 0 Å².